The van der Waals surface area contributed by atoms with Crippen molar-refractivity contribution >= 4 is 66.5 Å². The van der Waals surface area contributed by atoms with Crippen molar-refractivity contribution in [2.24, 2.45) is 5.10 Å². The molecule has 0 saturated heterocycles. The number of aromatic nitrogens is 2. The largest absolute Gasteiger partial charge is 0.490 e. The molecule has 0 aliphatic rings. The van der Waals surface area contributed by atoms with Gasteiger partial charge in [-0.3, -0.25) is 4.79 Å². The zero-order valence-electron chi connectivity index (χ0n) is 21.2. The van der Waals surface area contributed by atoms with Gasteiger partial charge in [-0.15, -0.1) is 0 Å². The van der Waals surface area contributed by atoms with Gasteiger partial charge in [0.1, 0.15) is 17.5 Å². The van der Waals surface area contributed by atoms with E-state index in [0.717, 1.165) is 10.0 Å². The number of aromatic carboxylic acids is 1. The first-order chi connectivity index (χ1) is 18.6. The van der Waals surface area contributed by atoms with Crippen LogP contribution in [-0.2, 0) is 6.61 Å². The van der Waals surface area contributed by atoms with E-state index in [2.05, 4.69) is 41.9 Å². The minimum absolute atomic E-state index is 0.0609. The summed E-state index contributed by atoms with van der Waals surface area (Å²) in [6.07, 6.45) is 1.52. The second kappa shape index (κ2) is 12.3. The third-order valence-corrected chi connectivity index (χ3v) is 7.64. The van der Waals surface area contributed by atoms with Crippen LogP contribution in [0.1, 0.15) is 54.0 Å². The number of halogens is 3. The molecule has 202 valence electrons. The molecule has 0 unspecified atom stereocenters. The third kappa shape index (κ3) is 6.34. The zero-order chi connectivity index (χ0) is 28.3. The van der Waals surface area contributed by atoms with Gasteiger partial charge >= 0.3 is 5.97 Å². The summed E-state index contributed by atoms with van der Waals surface area (Å²) in [5.74, 6) is 0.176. The Labute approximate surface area is 246 Å². The van der Waals surface area contributed by atoms with Crippen molar-refractivity contribution in [3.05, 3.63) is 95.4 Å². The fourth-order valence-corrected chi connectivity index (χ4v) is 4.78. The smallest absolute Gasteiger partial charge is 0.335 e. The molecule has 1 heterocycles. The zero-order valence-corrected chi connectivity index (χ0v) is 25.2. The van der Waals surface area contributed by atoms with Gasteiger partial charge in [0.05, 0.1) is 29.3 Å². The molecule has 1 N–H and O–H groups in total. The predicted octanol–water partition coefficient (Wildman–Crippen LogP) is 7.26. The first-order valence-electron chi connectivity index (χ1n) is 12.0. The molecule has 0 radical (unpaired) electrons. The quantitative estimate of drug-likeness (QED) is 0.187. The first kappa shape index (κ1) is 28.8. The number of ether oxygens (including phenoxy) is 2. The van der Waals surface area contributed by atoms with E-state index in [9.17, 15) is 9.59 Å². The van der Waals surface area contributed by atoms with Crippen molar-refractivity contribution in [1.29, 1.82) is 0 Å². The molecule has 0 saturated carbocycles. The minimum atomic E-state index is -1.000. The molecule has 0 spiro atoms. The third-order valence-electron chi connectivity index (χ3n) is 5.70. The van der Waals surface area contributed by atoms with Gasteiger partial charge in [-0.25, -0.2) is 9.78 Å². The van der Waals surface area contributed by atoms with Crippen molar-refractivity contribution in [1.82, 2.24) is 9.66 Å². The predicted molar refractivity (Wildman–Crippen MR) is 159 cm³/mol. The molecule has 0 bridgehead atoms. The Bertz CT molecular complexity index is 1640. The Balaban J connectivity index is 1.71. The van der Waals surface area contributed by atoms with Gasteiger partial charge in [-0.2, -0.15) is 9.78 Å². The Hall–Kier alpha value is -3.21. The number of benzene rings is 3. The lowest BCUT2D eigenvalue weighted by Crippen LogP contribution is -2.23. The van der Waals surface area contributed by atoms with Crippen molar-refractivity contribution in [2.45, 2.75) is 33.3 Å². The summed E-state index contributed by atoms with van der Waals surface area (Å²) < 4.78 is 14.4. The number of carboxylic acids is 1. The van der Waals surface area contributed by atoms with Crippen molar-refractivity contribution < 1.29 is 19.4 Å². The Kier molecular flexibility index (Phi) is 9.09. The minimum Gasteiger partial charge on any atom is -0.490 e. The molecule has 4 aromatic rings. The molecule has 1 aromatic heterocycles. The van der Waals surface area contributed by atoms with Gasteiger partial charge in [0, 0.05) is 20.4 Å². The molecule has 39 heavy (non-hydrogen) atoms. The normalized spacial score (nSPS) is 11.5. The molecule has 0 fully saturated rings. The van der Waals surface area contributed by atoms with E-state index in [4.69, 9.17) is 26.2 Å². The Morgan fingerprint density at radius 1 is 1.15 bits per heavy atom. The van der Waals surface area contributed by atoms with Crippen LogP contribution >= 0.6 is 43.5 Å². The molecular formula is C28H24Br2ClN3O5. The van der Waals surface area contributed by atoms with Gasteiger partial charge in [0.15, 0.2) is 11.5 Å². The van der Waals surface area contributed by atoms with E-state index in [1.807, 2.05) is 26.8 Å². The average molecular weight is 678 g/mol. The second-order valence-electron chi connectivity index (χ2n) is 8.79. The topological polar surface area (TPSA) is 103 Å². The van der Waals surface area contributed by atoms with Crippen molar-refractivity contribution in [2.75, 3.05) is 6.61 Å². The number of nitrogens with zero attached hydrogens (tertiary/aromatic N) is 3. The summed E-state index contributed by atoms with van der Waals surface area (Å²) in [5.41, 5.74) is 1.82. The fourth-order valence-electron chi connectivity index (χ4n) is 3.77. The number of carbonyl (C=O) groups is 1. The maximum Gasteiger partial charge on any atom is 0.335 e. The molecule has 4 rings (SSSR count). The van der Waals surface area contributed by atoms with Gasteiger partial charge < -0.3 is 14.6 Å². The van der Waals surface area contributed by atoms with E-state index in [1.165, 1.54) is 23.0 Å². The summed E-state index contributed by atoms with van der Waals surface area (Å²) in [6.45, 7) is 6.23. The van der Waals surface area contributed by atoms with Crippen molar-refractivity contribution in [3.8, 4) is 11.5 Å². The standard InChI is InChI=1S/C28H24Br2ClN3O5/c1-4-38-22-11-18(23(30)24(31)25(22)39-14-16-5-7-17(8-6-16)28(36)37)13-32-34-26(15(2)3)33-21-10-9-19(29)12-20(21)27(34)35/h5-13,15H,4,14H2,1-3H3,(H,36,37). The molecular weight excluding hydrogens is 654 g/mol. The molecule has 0 amide bonds. The van der Waals surface area contributed by atoms with Crippen LogP contribution in [-0.4, -0.2) is 33.6 Å². The maximum atomic E-state index is 13.4. The van der Waals surface area contributed by atoms with Crippen LogP contribution in [0.25, 0.3) is 10.9 Å². The van der Waals surface area contributed by atoms with E-state index >= 15 is 0 Å². The van der Waals surface area contributed by atoms with Gasteiger partial charge in [0.2, 0.25) is 0 Å². The monoisotopic (exact) mass is 675 g/mol. The molecule has 0 aliphatic heterocycles. The summed E-state index contributed by atoms with van der Waals surface area (Å²) in [6, 6.07) is 13.5. The van der Waals surface area contributed by atoms with Gasteiger partial charge in [-0.1, -0.05) is 53.5 Å². The van der Waals surface area contributed by atoms with Gasteiger partial charge in [0.25, 0.3) is 5.56 Å². The Morgan fingerprint density at radius 3 is 2.51 bits per heavy atom. The highest BCUT2D eigenvalue weighted by molar-refractivity contribution is 9.10. The van der Waals surface area contributed by atoms with Crippen LogP contribution in [0.3, 0.4) is 0 Å². The van der Waals surface area contributed by atoms with Crippen LogP contribution in [0.4, 0.5) is 0 Å². The Morgan fingerprint density at radius 2 is 1.87 bits per heavy atom. The highest BCUT2D eigenvalue weighted by Gasteiger charge is 2.19. The summed E-state index contributed by atoms with van der Waals surface area (Å²) in [7, 11) is 0. The fraction of sp³-hybridized carbons (Fsp3) is 0.214. The lowest BCUT2D eigenvalue weighted by molar-refractivity contribution is 0.0697. The summed E-state index contributed by atoms with van der Waals surface area (Å²) >= 11 is 13.6. The van der Waals surface area contributed by atoms with Gasteiger partial charge in [-0.05, 0) is 64.8 Å². The maximum absolute atomic E-state index is 13.4. The molecule has 0 aliphatic carbocycles. The highest BCUT2D eigenvalue weighted by atomic mass is 79.9. The van der Waals surface area contributed by atoms with E-state index in [0.29, 0.717) is 44.9 Å². The van der Waals surface area contributed by atoms with Crippen molar-refractivity contribution in [3.63, 3.8) is 0 Å². The first-order valence-corrected chi connectivity index (χ1v) is 13.9. The summed E-state index contributed by atoms with van der Waals surface area (Å²) in [5, 5.41) is 14.3. The van der Waals surface area contributed by atoms with E-state index in [-0.39, 0.29) is 28.7 Å². The van der Waals surface area contributed by atoms with E-state index < -0.39 is 5.97 Å². The SMILES string of the molecule is CCOc1cc(C=Nn2c(C(C)C)nc3ccc(Br)cc3c2=O)c(Br)c(Cl)c1OCc1ccc(C(=O)O)cc1. The average Bonchev–Trinajstić information content (AvgIpc) is 2.91. The lowest BCUT2D eigenvalue weighted by atomic mass is 10.1. The highest BCUT2D eigenvalue weighted by Crippen LogP contribution is 2.42. The van der Waals surface area contributed by atoms with Crippen LogP contribution in [0.15, 0.2) is 67.4 Å². The number of hydrogen-bond donors (Lipinski definition) is 1. The molecule has 11 heteroatoms. The molecule has 8 nitrogen and oxygen atoms in total. The van der Waals surface area contributed by atoms with Crippen LogP contribution < -0.4 is 15.0 Å². The van der Waals surface area contributed by atoms with Crippen LogP contribution in [0.2, 0.25) is 5.02 Å². The molecule has 0 atom stereocenters. The van der Waals surface area contributed by atoms with Crippen LogP contribution in [0.5, 0.6) is 11.5 Å². The lowest BCUT2D eigenvalue weighted by Gasteiger charge is -2.16. The van der Waals surface area contributed by atoms with E-state index in [1.54, 1.807) is 30.3 Å². The molecule has 3 aromatic carbocycles. The number of hydrogen-bond acceptors (Lipinski definition) is 6. The van der Waals surface area contributed by atoms with Crippen LogP contribution in [0, 0.1) is 0 Å². The number of carboxylic acid groups (broad SMARTS) is 1. The number of fused-ring (bicyclic) bond motifs is 1. The summed E-state index contributed by atoms with van der Waals surface area (Å²) in [4.78, 5) is 29.1. The number of rotatable bonds is 9. The second-order valence-corrected chi connectivity index (χ2v) is 10.9.